The van der Waals surface area contributed by atoms with Crippen LogP contribution >= 0.6 is 0 Å². The molecule has 0 aliphatic heterocycles. The van der Waals surface area contributed by atoms with Gasteiger partial charge in [0, 0.05) is 13.5 Å². The molecule has 0 atom stereocenters. The minimum absolute atomic E-state index is 1.08. The maximum Gasteiger partial charge on any atom is 0.109 e. The molecule has 116 valence electrons. The van der Waals surface area contributed by atoms with Crippen molar-refractivity contribution in [1.82, 2.24) is 14.5 Å². The molecule has 21 heavy (non-hydrogen) atoms. The highest BCUT2D eigenvalue weighted by Crippen LogP contribution is 2.15. The lowest BCUT2D eigenvalue weighted by molar-refractivity contribution is 0.269. The van der Waals surface area contributed by atoms with Crippen LogP contribution in [0.1, 0.15) is 45.4 Å². The molecule has 0 N–H and O–H groups in total. The van der Waals surface area contributed by atoms with Gasteiger partial charge in [0.2, 0.25) is 0 Å². The summed E-state index contributed by atoms with van der Waals surface area (Å²) in [4.78, 5) is 7.34. The van der Waals surface area contributed by atoms with Crippen LogP contribution < -0.4 is 0 Å². The minimum atomic E-state index is 1.08. The Balaban J connectivity index is 1.83. The Labute approximate surface area is 129 Å². The Kier molecular flexibility index (Phi) is 6.24. The van der Waals surface area contributed by atoms with Gasteiger partial charge in [-0.25, -0.2) is 4.98 Å². The fourth-order valence-corrected chi connectivity index (χ4v) is 3.01. The molecule has 1 aromatic heterocycles. The summed E-state index contributed by atoms with van der Waals surface area (Å²) < 4.78 is 2.24. The number of hydrogen-bond donors (Lipinski definition) is 0. The largest absolute Gasteiger partial charge is 0.331 e. The number of para-hydroxylation sites is 2. The second kappa shape index (κ2) is 8.18. The second-order valence-corrected chi connectivity index (χ2v) is 5.87. The smallest absolute Gasteiger partial charge is 0.109 e. The third-order valence-corrected chi connectivity index (χ3v) is 4.08. The van der Waals surface area contributed by atoms with Crippen LogP contribution in [-0.2, 0) is 13.5 Å². The highest BCUT2D eigenvalue weighted by molar-refractivity contribution is 5.75. The molecule has 0 radical (unpaired) electrons. The highest BCUT2D eigenvalue weighted by atomic mass is 15.1. The van der Waals surface area contributed by atoms with E-state index in [0.29, 0.717) is 0 Å². The third-order valence-electron chi connectivity index (χ3n) is 4.08. The van der Waals surface area contributed by atoms with Crippen LogP contribution in [0.2, 0.25) is 0 Å². The van der Waals surface area contributed by atoms with Crippen molar-refractivity contribution >= 4 is 11.0 Å². The minimum Gasteiger partial charge on any atom is -0.331 e. The first-order chi connectivity index (χ1) is 10.3. The topological polar surface area (TPSA) is 21.1 Å². The first-order valence-electron chi connectivity index (χ1n) is 8.39. The summed E-state index contributed by atoms with van der Waals surface area (Å²) >= 11 is 0. The summed E-state index contributed by atoms with van der Waals surface area (Å²) in [5.74, 6) is 1.22. The Hall–Kier alpha value is -1.35. The summed E-state index contributed by atoms with van der Waals surface area (Å²) in [5.41, 5.74) is 2.36. The number of fused-ring (bicyclic) bond motifs is 1. The SMILES string of the molecule is CCCN(CCC)CCCCc1nc2ccccc2n1C. The zero-order chi connectivity index (χ0) is 15.1. The molecule has 0 fully saturated rings. The third kappa shape index (κ3) is 4.31. The summed E-state index contributed by atoms with van der Waals surface area (Å²) in [5, 5.41) is 0. The molecule has 0 bridgehead atoms. The monoisotopic (exact) mass is 287 g/mol. The Bertz CT molecular complexity index is 538. The fourth-order valence-electron chi connectivity index (χ4n) is 3.01. The van der Waals surface area contributed by atoms with E-state index in [2.05, 4.69) is 54.6 Å². The average Bonchev–Trinajstić information content (AvgIpc) is 2.81. The molecule has 3 nitrogen and oxygen atoms in total. The van der Waals surface area contributed by atoms with Gasteiger partial charge in [-0.05, 0) is 57.5 Å². The molecule has 0 unspecified atom stereocenters. The van der Waals surface area contributed by atoms with E-state index in [0.717, 1.165) is 11.9 Å². The number of benzene rings is 1. The van der Waals surface area contributed by atoms with Gasteiger partial charge in [0.1, 0.15) is 5.82 Å². The Morgan fingerprint density at radius 2 is 1.71 bits per heavy atom. The van der Waals surface area contributed by atoms with Gasteiger partial charge >= 0.3 is 0 Å². The number of hydrogen-bond acceptors (Lipinski definition) is 2. The number of nitrogens with zero attached hydrogens (tertiary/aromatic N) is 3. The molecular formula is C18H29N3. The predicted octanol–water partition coefficient (Wildman–Crippen LogP) is 4.02. The van der Waals surface area contributed by atoms with E-state index in [-0.39, 0.29) is 0 Å². The first kappa shape index (κ1) is 16.0. The summed E-state index contributed by atoms with van der Waals surface area (Å²) in [6.45, 7) is 8.23. The second-order valence-electron chi connectivity index (χ2n) is 5.87. The lowest BCUT2D eigenvalue weighted by Crippen LogP contribution is -2.26. The summed E-state index contributed by atoms with van der Waals surface area (Å²) in [6.07, 6.45) is 6.08. The van der Waals surface area contributed by atoms with Gasteiger partial charge in [-0.15, -0.1) is 0 Å². The summed E-state index contributed by atoms with van der Waals surface area (Å²) in [6, 6.07) is 8.40. The zero-order valence-electron chi connectivity index (χ0n) is 13.8. The van der Waals surface area contributed by atoms with Crippen LogP contribution in [0.3, 0.4) is 0 Å². The lowest BCUT2D eigenvalue weighted by atomic mass is 10.2. The molecule has 1 aromatic carbocycles. The maximum absolute atomic E-state index is 4.75. The average molecular weight is 287 g/mol. The number of rotatable bonds is 9. The van der Waals surface area contributed by atoms with E-state index in [1.54, 1.807) is 0 Å². The molecule has 0 aliphatic carbocycles. The number of aryl methyl sites for hydroxylation is 2. The molecular weight excluding hydrogens is 258 g/mol. The Morgan fingerprint density at radius 1 is 1.00 bits per heavy atom. The number of unbranched alkanes of at least 4 members (excludes halogenated alkanes) is 1. The van der Waals surface area contributed by atoms with Crippen LogP contribution in [0.15, 0.2) is 24.3 Å². The summed E-state index contributed by atoms with van der Waals surface area (Å²) in [7, 11) is 2.13. The molecule has 0 amide bonds. The van der Waals surface area contributed by atoms with E-state index in [9.17, 15) is 0 Å². The molecule has 0 aliphatic rings. The van der Waals surface area contributed by atoms with Gasteiger partial charge in [0.25, 0.3) is 0 Å². The van der Waals surface area contributed by atoms with Crippen LogP contribution in [0.4, 0.5) is 0 Å². The molecule has 1 heterocycles. The molecule has 0 saturated carbocycles. The van der Waals surface area contributed by atoms with Gasteiger partial charge < -0.3 is 9.47 Å². The predicted molar refractivity (Wildman–Crippen MR) is 90.7 cm³/mol. The van der Waals surface area contributed by atoms with Crippen molar-refractivity contribution in [3.63, 3.8) is 0 Å². The van der Waals surface area contributed by atoms with Crippen molar-refractivity contribution in [3.05, 3.63) is 30.1 Å². The van der Waals surface area contributed by atoms with Gasteiger partial charge in [0.15, 0.2) is 0 Å². The van der Waals surface area contributed by atoms with E-state index in [1.165, 1.54) is 56.7 Å². The maximum atomic E-state index is 4.75. The molecule has 3 heteroatoms. The van der Waals surface area contributed by atoms with Crippen LogP contribution in [-0.4, -0.2) is 34.1 Å². The lowest BCUT2D eigenvalue weighted by Gasteiger charge is -2.20. The van der Waals surface area contributed by atoms with Crippen molar-refractivity contribution in [2.45, 2.75) is 46.0 Å². The van der Waals surface area contributed by atoms with Crippen molar-refractivity contribution in [2.24, 2.45) is 7.05 Å². The van der Waals surface area contributed by atoms with Crippen LogP contribution in [0.25, 0.3) is 11.0 Å². The van der Waals surface area contributed by atoms with Crippen molar-refractivity contribution in [1.29, 1.82) is 0 Å². The highest BCUT2D eigenvalue weighted by Gasteiger charge is 2.07. The van der Waals surface area contributed by atoms with Crippen molar-refractivity contribution in [3.8, 4) is 0 Å². The molecule has 0 saturated heterocycles. The molecule has 0 spiro atoms. The normalized spacial score (nSPS) is 11.6. The quantitative estimate of drug-likeness (QED) is 0.650. The van der Waals surface area contributed by atoms with E-state index in [1.807, 2.05) is 0 Å². The first-order valence-corrected chi connectivity index (χ1v) is 8.39. The van der Waals surface area contributed by atoms with Gasteiger partial charge in [0.05, 0.1) is 11.0 Å². The fraction of sp³-hybridized carbons (Fsp3) is 0.611. The van der Waals surface area contributed by atoms with Crippen molar-refractivity contribution in [2.75, 3.05) is 19.6 Å². The van der Waals surface area contributed by atoms with Gasteiger partial charge in [-0.3, -0.25) is 0 Å². The Morgan fingerprint density at radius 3 is 2.38 bits per heavy atom. The van der Waals surface area contributed by atoms with E-state index < -0.39 is 0 Å². The van der Waals surface area contributed by atoms with E-state index in [4.69, 9.17) is 4.98 Å². The van der Waals surface area contributed by atoms with Crippen molar-refractivity contribution < 1.29 is 0 Å². The van der Waals surface area contributed by atoms with Gasteiger partial charge in [-0.2, -0.15) is 0 Å². The van der Waals surface area contributed by atoms with Crippen LogP contribution in [0, 0.1) is 0 Å². The van der Waals surface area contributed by atoms with E-state index >= 15 is 0 Å². The number of aromatic nitrogens is 2. The molecule has 2 aromatic rings. The molecule has 2 rings (SSSR count). The number of imidazole rings is 1. The van der Waals surface area contributed by atoms with Crippen LogP contribution in [0.5, 0.6) is 0 Å². The van der Waals surface area contributed by atoms with Gasteiger partial charge in [-0.1, -0.05) is 26.0 Å². The standard InChI is InChI=1S/C18H29N3/c1-4-13-21(14-5-2)15-9-8-12-18-19-16-10-6-7-11-17(16)20(18)3/h6-7,10-11H,4-5,8-9,12-15H2,1-3H3. The zero-order valence-corrected chi connectivity index (χ0v) is 13.8.